The summed E-state index contributed by atoms with van der Waals surface area (Å²) in [6, 6.07) is 1.67. The number of alkyl carbamates (subject to hydrolysis) is 1. The molecule has 0 saturated heterocycles. The Hall–Kier alpha value is -2.29. The number of carbonyl (C=O) groups excluding carboxylic acids is 1. The second-order valence-corrected chi connectivity index (χ2v) is 5.54. The summed E-state index contributed by atoms with van der Waals surface area (Å²) in [5, 5.41) is 2.53. The van der Waals surface area contributed by atoms with Crippen molar-refractivity contribution in [2.75, 3.05) is 6.54 Å². The smallest absolute Gasteiger partial charge is 0.408 e. The Balaban J connectivity index is 2.50. The van der Waals surface area contributed by atoms with Crippen molar-refractivity contribution in [2.45, 2.75) is 46.3 Å². The number of amides is 1. The van der Waals surface area contributed by atoms with Gasteiger partial charge in [-0.2, -0.15) is 4.98 Å². The molecule has 0 aromatic carbocycles. The third kappa shape index (κ3) is 7.78. The minimum atomic E-state index is -0.525. The Labute approximate surface area is 125 Å². The molecule has 0 aliphatic carbocycles. The molecule has 1 N–H and O–H groups in total. The van der Waals surface area contributed by atoms with E-state index in [4.69, 9.17) is 9.47 Å². The number of nitrogens with zero attached hydrogens (tertiary/aromatic N) is 2. The lowest BCUT2D eigenvalue weighted by Crippen LogP contribution is -2.32. The van der Waals surface area contributed by atoms with Crippen LogP contribution in [0.5, 0.6) is 5.88 Å². The second kappa shape index (κ2) is 7.48. The highest BCUT2D eigenvalue weighted by Gasteiger charge is 2.14. The van der Waals surface area contributed by atoms with Gasteiger partial charge in [-0.1, -0.05) is 5.92 Å². The zero-order chi connectivity index (χ0) is 15.9. The van der Waals surface area contributed by atoms with E-state index in [0.29, 0.717) is 11.7 Å². The molecule has 1 rings (SSSR count). The third-order valence-corrected chi connectivity index (χ3v) is 1.91. The Morgan fingerprint density at radius 3 is 2.76 bits per heavy atom. The van der Waals surface area contributed by atoms with Crippen LogP contribution in [0.2, 0.25) is 0 Å². The van der Waals surface area contributed by atoms with Crippen molar-refractivity contribution in [1.29, 1.82) is 0 Å². The number of rotatable bonds is 3. The molecule has 1 aromatic heterocycles. The molecule has 6 nitrogen and oxygen atoms in total. The first-order chi connectivity index (χ1) is 9.76. The average Bonchev–Trinajstić information content (AvgIpc) is 2.32. The van der Waals surface area contributed by atoms with Gasteiger partial charge in [0.25, 0.3) is 0 Å². The van der Waals surface area contributed by atoms with Gasteiger partial charge in [-0.25, -0.2) is 9.78 Å². The predicted molar refractivity (Wildman–Crippen MR) is 78.9 cm³/mol. The molecule has 21 heavy (non-hydrogen) atoms. The lowest BCUT2D eigenvalue weighted by atomic mass is 10.2. The van der Waals surface area contributed by atoms with E-state index in [2.05, 4.69) is 27.1 Å². The summed E-state index contributed by atoms with van der Waals surface area (Å²) in [5.74, 6) is 6.33. The van der Waals surface area contributed by atoms with Crippen LogP contribution in [0.3, 0.4) is 0 Å². The van der Waals surface area contributed by atoms with E-state index in [0.717, 1.165) is 0 Å². The lowest BCUT2D eigenvalue weighted by Gasteiger charge is -2.18. The maximum absolute atomic E-state index is 11.4. The van der Waals surface area contributed by atoms with E-state index >= 15 is 0 Å². The van der Waals surface area contributed by atoms with Gasteiger partial charge >= 0.3 is 6.09 Å². The van der Waals surface area contributed by atoms with E-state index in [-0.39, 0.29) is 12.6 Å². The first-order valence-electron chi connectivity index (χ1n) is 6.72. The van der Waals surface area contributed by atoms with Crippen molar-refractivity contribution in [3.8, 4) is 17.7 Å². The van der Waals surface area contributed by atoms with Crippen LogP contribution in [0.25, 0.3) is 0 Å². The molecule has 1 heterocycles. The molecule has 0 unspecified atom stereocenters. The van der Waals surface area contributed by atoms with E-state index in [9.17, 15) is 4.79 Å². The molecular formula is C15H21N3O3. The molecule has 0 saturated carbocycles. The van der Waals surface area contributed by atoms with E-state index in [1.807, 2.05) is 13.8 Å². The summed E-state index contributed by atoms with van der Waals surface area (Å²) in [7, 11) is 0. The molecule has 0 spiro atoms. The zero-order valence-electron chi connectivity index (χ0n) is 13.1. The molecule has 0 radical (unpaired) electrons. The van der Waals surface area contributed by atoms with Crippen molar-refractivity contribution >= 4 is 6.09 Å². The van der Waals surface area contributed by atoms with Gasteiger partial charge in [0.1, 0.15) is 5.60 Å². The largest absolute Gasteiger partial charge is 0.475 e. The zero-order valence-corrected chi connectivity index (χ0v) is 13.1. The van der Waals surface area contributed by atoms with Gasteiger partial charge in [-0.05, 0) is 40.5 Å². The maximum atomic E-state index is 11.4. The summed E-state index contributed by atoms with van der Waals surface area (Å²) in [4.78, 5) is 19.5. The van der Waals surface area contributed by atoms with Gasteiger partial charge in [-0.3, -0.25) is 0 Å². The fraction of sp³-hybridized carbons (Fsp3) is 0.533. The minimum absolute atomic E-state index is 0.0366. The van der Waals surface area contributed by atoms with Gasteiger partial charge in [0.15, 0.2) is 0 Å². The molecule has 6 heteroatoms. The van der Waals surface area contributed by atoms with Crippen molar-refractivity contribution in [3.05, 3.63) is 18.1 Å². The molecule has 0 aliphatic rings. The van der Waals surface area contributed by atoms with Gasteiger partial charge in [0, 0.05) is 12.3 Å². The average molecular weight is 291 g/mol. The van der Waals surface area contributed by atoms with Crippen LogP contribution in [0.4, 0.5) is 4.79 Å². The topological polar surface area (TPSA) is 73.3 Å². The minimum Gasteiger partial charge on any atom is -0.475 e. The second-order valence-electron chi connectivity index (χ2n) is 5.54. The van der Waals surface area contributed by atoms with Crippen LogP contribution in [0, 0.1) is 11.8 Å². The molecule has 0 atom stereocenters. The fourth-order valence-electron chi connectivity index (χ4n) is 1.26. The van der Waals surface area contributed by atoms with E-state index in [1.165, 1.54) is 0 Å². The molecule has 0 aliphatic heterocycles. The van der Waals surface area contributed by atoms with Gasteiger partial charge in [0.2, 0.25) is 11.7 Å². The van der Waals surface area contributed by atoms with Gasteiger partial charge < -0.3 is 14.8 Å². The van der Waals surface area contributed by atoms with Crippen LogP contribution in [0.15, 0.2) is 12.3 Å². The molecule has 114 valence electrons. The monoisotopic (exact) mass is 291 g/mol. The molecular weight excluding hydrogens is 270 g/mol. The highest BCUT2D eigenvalue weighted by molar-refractivity contribution is 5.68. The van der Waals surface area contributed by atoms with Crippen molar-refractivity contribution in [3.63, 3.8) is 0 Å². The quantitative estimate of drug-likeness (QED) is 0.864. The SMILES string of the molecule is CC(C)Oc1ccnc(C#CCNC(=O)OC(C)(C)C)n1. The summed E-state index contributed by atoms with van der Waals surface area (Å²) < 4.78 is 10.5. The third-order valence-electron chi connectivity index (χ3n) is 1.91. The Bertz CT molecular complexity index is 539. The molecule has 0 bridgehead atoms. The highest BCUT2D eigenvalue weighted by atomic mass is 16.6. The Kier molecular flexibility index (Phi) is 5.97. The number of ether oxygens (including phenoxy) is 2. The predicted octanol–water partition coefficient (Wildman–Crippen LogP) is 2.14. The number of hydrogen-bond donors (Lipinski definition) is 1. The Morgan fingerprint density at radius 1 is 1.43 bits per heavy atom. The Morgan fingerprint density at radius 2 is 2.14 bits per heavy atom. The van der Waals surface area contributed by atoms with Gasteiger partial charge in [-0.15, -0.1) is 0 Å². The van der Waals surface area contributed by atoms with Gasteiger partial charge in [0.05, 0.1) is 12.6 Å². The summed E-state index contributed by atoms with van der Waals surface area (Å²) >= 11 is 0. The van der Waals surface area contributed by atoms with Crippen LogP contribution < -0.4 is 10.1 Å². The van der Waals surface area contributed by atoms with Crippen molar-refractivity contribution < 1.29 is 14.3 Å². The highest BCUT2D eigenvalue weighted by Crippen LogP contribution is 2.07. The first-order valence-corrected chi connectivity index (χ1v) is 6.72. The first kappa shape index (κ1) is 16.8. The molecule has 1 aromatic rings. The molecule has 0 fully saturated rings. The molecule has 1 amide bonds. The number of carbonyl (C=O) groups is 1. The number of nitrogens with one attached hydrogen (secondary N) is 1. The van der Waals surface area contributed by atoms with E-state index < -0.39 is 11.7 Å². The number of hydrogen-bond acceptors (Lipinski definition) is 5. The van der Waals surface area contributed by atoms with Crippen LogP contribution >= 0.6 is 0 Å². The van der Waals surface area contributed by atoms with Crippen molar-refractivity contribution in [1.82, 2.24) is 15.3 Å². The van der Waals surface area contributed by atoms with Crippen molar-refractivity contribution in [2.24, 2.45) is 0 Å². The lowest BCUT2D eigenvalue weighted by molar-refractivity contribution is 0.0535. The summed E-state index contributed by atoms with van der Waals surface area (Å²) in [6.45, 7) is 9.38. The normalized spacial score (nSPS) is 10.6. The number of aromatic nitrogens is 2. The maximum Gasteiger partial charge on any atom is 0.408 e. The van der Waals surface area contributed by atoms with E-state index in [1.54, 1.807) is 33.0 Å². The summed E-state index contributed by atoms with van der Waals surface area (Å²) in [5.41, 5.74) is -0.525. The fourth-order valence-corrected chi connectivity index (χ4v) is 1.26. The standard InChI is InChI=1S/C15H21N3O3/c1-11(2)20-13-8-10-16-12(18-13)7-6-9-17-14(19)21-15(3,4)5/h8,10-11H,9H2,1-5H3,(H,17,19). The summed E-state index contributed by atoms with van der Waals surface area (Å²) in [6.07, 6.45) is 1.11. The van der Waals surface area contributed by atoms with Crippen LogP contribution in [0.1, 0.15) is 40.4 Å². The van der Waals surface area contributed by atoms with Crippen LogP contribution in [-0.2, 0) is 4.74 Å². The van der Waals surface area contributed by atoms with Crippen LogP contribution in [-0.4, -0.2) is 34.3 Å².